The van der Waals surface area contributed by atoms with Gasteiger partial charge in [-0.25, -0.2) is 0 Å². The first kappa shape index (κ1) is 18.4. The number of unbranched alkanes of at least 4 members (excludes halogenated alkanes) is 2. The van der Waals surface area contributed by atoms with Crippen molar-refractivity contribution in [3.63, 3.8) is 0 Å². The van der Waals surface area contributed by atoms with E-state index in [2.05, 4.69) is 50.2 Å². The van der Waals surface area contributed by atoms with Crippen LogP contribution in [0.2, 0.25) is 0 Å². The SMILES string of the molecule is CCCCc1ccc(OC)c(-c2ccc(OC)c(CCCC)c2)c1. The minimum absolute atomic E-state index is 0.932. The minimum atomic E-state index is 0.932. The number of aryl methyl sites for hydroxylation is 2. The smallest absolute Gasteiger partial charge is 0.126 e. The van der Waals surface area contributed by atoms with Crippen molar-refractivity contribution in [2.24, 2.45) is 0 Å². The van der Waals surface area contributed by atoms with Gasteiger partial charge in [-0.05, 0) is 66.6 Å². The normalized spacial score (nSPS) is 10.7. The summed E-state index contributed by atoms with van der Waals surface area (Å²) in [5, 5.41) is 0. The second-order valence-corrected chi connectivity index (χ2v) is 6.27. The molecule has 0 unspecified atom stereocenters. The Morgan fingerprint density at radius 3 is 2.08 bits per heavy atom. The van der Waals surface area contributed by atoms with E-state index in [0.29, 0.717) is 0 Å². The predicted molar refractivity (Wildman–Crippen MR) is 102 cm³/mol. The van der Waals surface area contributed by atoms with E-state index in [0.717, 1.165) is 24.3 Å². The third-order valence-electron chi connectivity index (χ3n) is 4.47. The zero-order chi connectivity index (χ0) is 17.4. The van der Waals surface area contributed by atoms with Crippen LogP contribution in [-0.4, -0.2) is 14.2 Å². The number of hydrogen-bond acceptors (Lipinski definition) is 2. The van der Waals surface area contributed by atoms with Crippen LogP contribution in [-0.2, 0) is 12.8 Å². The van der Waals surface area contributed by atoms with Crippen molar-refractivity contribution in [2.45, 2.75) is 52.4 Å². The highest BCUT2D eigenvalue weighted by molar-refractivity contribution is 5.72. The molecule has 0 aromatic heterocycles. The van der Waals surface area contributed by atoms with Crippen molar-refractivity contribution in [1.82, 2.24) is 0 Å². The van der Waals surface area contributed by atoms with Crippen molar-refractivity contribution < 1.29 is 9.47 Å². The lowest BCUT2D eigenvalue weighted by atomic mass is 9.96. The minimum Gasteiger partial charge on any atom is -0.496 e. The molecule has 0 radical (unpaired) electrons. The summed E-state index contributed by atoms with van der Waals surface area (Å²) in [7, 11) is 3.49. The Morgan fingerprint density at radius 2 is 1.42 bits per heavy atom. The molecule has 0 amide bonds. The number of rotatable bonds is 9. The van der Waals surface area contributed by atoms with Gasteiger partial charge < -0.3 is 9.47 Å². The summed E-state index contributed by atoms with van der Waals surface area (Å²) in [5.74, 6) is 1.91. The van der Waals surface area contributed by atoms with E-state index >= 15 is 0 Å². The Hall–Kier alpha value is -1.96. The van der Waals surface area contributed by atoms with E-state index in [9.17, 15) is 0 Å². The monoisotopic (exact) mass is 326 g/mol. The van der Waals surface area contributed by atoms with Gasteiger partial charge in [0.1, 0.15) is 11.5 Å². The number of methoxy groups -OCH3 is 2. The van der Waals surface area contributed by atoms with Gasteiger partial charge in [0.2, 0.25) is 0 Å². The van der Waals surface area contributed by atoms with Crippen molar-refractivity contribution >= 4 is 0 Å². The largest absolute Gasteiger partial charge is 0.496 e. The van der Waals surface area contributed by atoms with Crippen LogP contribution in [0.3, 0.4) is 0 Å². The van der Waals surface area contributed by atoms with Crippen LogP contribution in [0.5, 0.6) is 11.5 Å². The summed E-state index contributed by atoms with van der Waals surface area (Å²) < 4.78 is 11.1. The molecule has 0 aliphatic rings. The third-order valence-corrected chi connectivity index (χ3v) is 4.47. The summed E-state index contributed by atoms with van der Waals surface area (Å²) in [6, 6.07) is 13.0. The van der Waals surface area contributed by atoms with Crippen LogP contribution in [0.1, 0.15) is 50.7 Å². The topological polar surface area (TPSA) is 18.5 Å². The first-order chi connectivity index (χ1) is 11.7. The zero-order valence-electron chi connectivity index (χ0n) is 15.5. The van der Waals surface area contributed by atoms with Crippen molar-refractivity contribution in [3.05, 3.63) is 47.5 Å². The molecule has 0 atom stereocenters. The number of ether oxygens (including phenoxy) is 2. The van der Waals surface area contributed by atoms with Crippen molar-refractivity contribution in [1.29, 1.82) is 0 Å². The maximum absolute atomic E-state index is 5.61. The van der Waals surface area contributed by atoms with Crippen LogP contribution < -0.4 is 9.47 Å². The van der Waals surface area contributed by atoms with Crippen molar-refractivity contribution in [2.75, 3.05) is 14.2 Å². The van der Waals surface area contributed by atoms with Gasteiger partial charge in [0, 0.05) is 5.56 Å². The molecule has 2 aromatic rings. The Kier molecular flexibility index (Phi) is 7.17. The lowest BCUT2D eigenvalue weighted by Gasteiger charge is -2.14. The maximum Gasteiger partial charge on any atom is 0.126 e. The molecule has 0 bridgehead atoms. The lowest BCUT2D eigenvalue weighted by molar-refractivity contribution is 0.409. The fourth-order valence-corrected chi connectivity index (χ4v) is 3.03. The van der Waals surface area contributed by atoms with Gasteiger partial charge in [-0.3, -0.25) is 0 Å². The molecule has 0 N–H and O–H groups in total. The van der Waals surface area contributed by atoms with E-state index in [4.69, 9.17) is 9.47 Å². The van der Waals surface area contributed by atoms with Gasteiger partial charge >= 0.3 is 0 Å². The molecule has 0 fully saturated rings. The summed E-state index contributed by atoms with van der Waals surface area (Å²) in [6.45, 7) is 4.45. The second-order valence-electron chi connectivity index (χ2n) is 6.27. The molecule has 24 heavy (non-hydrogen) atoms. The van der Waals surface area contributed by atoms with E-state index < -0.39 is 0 Å². The van der Waals surface area contributed by atoms with Crippen LogP contribution >= 0.6 is 0 Å². The standard InChI is InChI=1S/C22H30O2/c1-5-7-9-17-11-13-22(24-4)20(15-17)18-12-14-21(23-3)19(16-18)10-8-6-2/h11-16H,5-10H2,1-4H3. The maximum atomic E-state index is 5.61. The Morgan fingerprint density at radius 1 is 0.750 bits per heavy atom. The highest BCUT2D eigenvalue weighted by atomic mass is 16.5. The van der Waals surface area contributed by atoms with Gasteiger partial charge in [0.05, 0.1) is 14.2 Å². The highest BCUT2D eigenvalue weighted by Crippen LogP contribution is 2.34. The zero-order valence-corrected chi connectivity index (χ0v) is 15.5. The average molecular weight is 326 g/mol. The first-order valence-corrected chi connectivity index (χ1v) is 9.07. The van der Waals surface area contributed by atoms with E-state index in [-0.39, 0.29) is 0 Å². The van der Waals surface area contributed by atoms with Crippen LogP contribution in [0.4, 0.5) is 0 Å². The molecule has 2 rings (SSSR count). The molecule has 130 valence electrons. The van der Waals surface area contributed by atoms with Crippen molar-refractivity contribution in [3.8, 4) is 22.6 Å². The molecule has 0 saturated carbocycles. The molecule has 2 nitrogen and oxygen atoms in total. The van der Waals surface area contributed by atoms with E-state index in [1.165, 1.54) is 47.9 Å². The molecular formula is C22H30O2. The molecule has 0 aliphatic carbocycles. The van der Waals surface area contributed by atoms with Gasteiger partial charge in [-0.2, -0.15) is 0 Å². The fraction of sp³-hybridized carbons (Fsp3) is 0.455. The van der Waals surface area contributed by atoms with E-state index in [1.807, 2.05) is 0 Å². The van der Waals surface area contributed by atoms with Crippen LogP contribution in [0.15, 0.2) is 36.4 Å². The summed E-state index contributed by atoms with van der Waals surface area (Å²) >= 11 is 0. The number of hydrogen-bond donors (Lipinski definition) is 0. The molecule has 0 aliphatic heterocycles. The number of benzene rings is 2. The summed E-state index contributed by atoms with van der Waals surface area (Å²) in [5.41, 5.74) is 5.03. The highest BCUT2D eigenvalue weighted by Gasteiger charge is 2.11. The molecule has 2 heteroatoms. The quantitative estimate of drug-likeness (QED) is 0.558. The van der Waals surface area contributed by atoms with Gasteiger partial charge in [0.15, 0.2) is 0 Å². The van der Waals surface area contributed by atoms with Gasteiger partial charge in [-0.1, -0.05) is 38.8 Å². The summed E-state index contributed by atoms with van der Waals surface area (Å²) in [4.78, 5) is 0. The predicted octanol–water partition coefficient (Wildman–Crippen LogP) is 6.06. The molecule has 0 heterocycles. The average Bonchev–Trinajstić information content (AvgIpc) is 2.64. The molecule has 0 saturated heterocycles. The Balaban J connectivity index is 2.41. The van der Waals surface area contributed by atoms with Crippen LogP contribution in [0, 0.1) is 0 Å². The van der Waals surface area contributed by atoms with Gasteiger partial charge in [-0.15, -0.1) is 0 Å². The Bertz CT molecular complexity index is 646. The second kappa shape index (κ2) is 9.36. The first-order valence-electron chi connectivity index (χ1n) is 9.07. The fourth-order valence-electron chi connectivity index (χ4n) is 3.03. The Labute approximate surface area is 146 Å². The lowest BCUT2D eigenvalue weighted by Crippen LogP contribution is -1.95. The third kappa shape index (κ3) is 4.53. The molecule has 0 spiro atoms. The van der Waals surface area contributed by atoms with Gasteiger partial charge in [0.25, 0.3) is 0 Å². The summed E-state index contributed by atoms with van der Waals surface area (Å²) in [6.07, 6.45) is 6.95. The van der Waals surface area contributed by atoms with Crippen LogP contribution in [0.25, 0.3) is 11.1 Å². The molecule has 2 aromatic carbocycles. The van der Waals surface area contributed by atoms with E-state index in [1.54, 1.807) is 14.2 Å². The molecular weight excluding hydrogens is 296 g/mol.